The van der Waals surface area contributed by atoms with E-state index in [4.69, 9.17) is 9.15 Å². The van der Waals surface area contributed by atoms with Crippen molar-refractivity contribution in [2.75, 3.05) is 13.3 Å². The first kappa shape index (κ1) is 14.7. The molecule has 0 bridgehead atoms. The van der Waals surface area contributed by atoms with Crippen molar-refractivity contribution in [1.29, 1.82) is 0 Å². The molecule has 5 nitrogen and oxygen atoms in total. The second-order valence-electron chi connectivity index (χ2n) is 7.06. The molecule has 2 aromatic rings. The van der Waals surface area contributed by atoms with Crippen molar-refractivity contribution in [3.63, 3.8) is 0 Å². The van der Waals surface area contributed by atoms with Gasteiger partial charge in [-0.2, -0.15) is 0 Å². The number of aliphatic hydroxyl groups is 1. The lowest BCUT2D eigenvalue weighted by Crippen LogP contribution is -2.49. The quantitative estimate of drug-likeness (QED) is 0.861. The first-order chi connectivity index (χ1) is 11.0. The summed E-state index contributed by atoms with van der Waals surface area (Å²) in [5, 5.41) is 10.6. The van der Waals surface area contributed by atoms with E-state index in [1.54, 1.807) is 0 Å². The van der Waals surface area contributed by atoms with E-state index >= 15 is 0 Å². The fourth-order valence-corrected chi connectivity index (χ4v) is 3.54. The third kappa shape index (κ3) is 2.18. The van der Waals surface area contributed by atoms with Crippen LogP contribution in [0.4, 0.5) is 0 Å². The fraction of sp³-hybridized carbons (Fsp3) is 0.500. The molecule has 1 aliphatic carbocycles. The van der Waals surface area contributed by atoms with Gasteiger partial charge in [0.15, 0.2) is 0 Å². The van der Waals surface area contributed by atoms with Crippen LogP contribution in [0.15, 0.2) is 21.3 Å². The van der Waals surface area contributed by atoms with Crippen molar-refractivity contribution in [2.24, 2.45) is 0 Å². The van der Waals surface area contributed by atoms with E-state index in [1.807, 2.05) is 26.0 Å². The van der Waals surface area contributed by atoms with E-state index in [1.165, 1.54) is 0 Å². The van der Waals surface area contributed by atoms with Gasteiger partial charge in [0.05, 0.1) is 12.2 Å². The lowest BCUT2D eigenvalue weighted by atomic mass is 9.99. The Morgan fingerprint density at radius 3 is 2.78 bits per heavy atom. The number of aliphatic hydroxyl groups excluding tert-OH is 1. The highest BCUT2D eigenvalue weighted by atomic mass is 16.5. The molecule has 1 aromatic carbocycles. The van der Waals surface area contributed by atoms with Gasteiger partial charge in [-0.25, -0.2) is 4.79 Å². The molecule has 4 rings (SSSR count). The van der Waals surface area contributed by atoms with Crippen LogP contribution in [0.3, 0.4) is 0 Å². The average Bonchev–Trinajstić information content (AvgIpc) is 3.05. The van der Waals surface area contributed by atoms with Crippen LogP contribution in [0.2, 0.25) is 0 Å². The molecule has 1 N–H and O–H groups in total. The Morgan fingerprint density at radius 1 is 1.22 bits per heavy atom. The number of hydrogen-bond donors (Lipinski definition) is 1. The molecule has 1 aromatic heterocycles. The standard InChI is InChI=1S/C18H21NO4/c1-18(2,9-20)19-8-14-15(22-10-19)7-6-12-11-4-3-5-13(11)17(21)23-16(12)14/h6-7,20H,3-5,8-10H2,1-2H3. The highest BCUT2D eigenvalue weighted by Crippen LogP contribution is 2.37. The fourth-order valence-electron chi connectivity index (χ4n) is 3.54. The smallest absolute Gasteiger partial charge is 0.339 e. The van der Waals surface area contributed by atoms with Crippen LogP contribution in [-0.2, 0) is 19.4 Å². The third-order valence-corrected chi connectivity index (χ3v) is 5.17. The molecule has 0 unspecified atom stereocenters. The summed E-state index contributed by atoms with van der Waals surface area (Å²) < 4.78 is 11.5. The van der Waals surface area contributed by atoms with Gasteiger partial charge in [0.25, 0.3) is 0 Å². The molecule has 1 aliphatic heterocycles. The van der Waals surface area contributed by atoms with Gasteiger partial charge in [0.2, 0.25) is 0 Å². The van der Waals surface area contributed by atoms with Crippen LogP contribution in [0.1, 0.15) is 37.0 Å². The molecule has 23 heavy (non-hydrogen) atoms. The van der Waals surface area contributed by atoms with Gasteiger partial charge in [-0.15, -0.1) is 0 Å². The average molecular weight is 315 g/mol. The van der Waals surface area contributed by atoms with Crippen molar-refractivity contribution in [3.8, 4) is 5.75 Å². The molecule has 0 fully saturated rings. The first-order valence-corrected chi connectivity index (χ1v) is 8.10. The topological polar surface area (TPSA) is 62.9 Å². The molecular formula is C18H21NO4. The third-order valence-electron chi connectivity index (χ3n) is 5.17. The Balaban J connectivity index is 1.89. The molecule has 5 heteroatoms. The van der Waals surface area contributed by atoms with Gasteiger partial charge in [-0.05, 0) is 50.8 Å². The first-order valence-electron chi connectivity index (χ1n) is 8.10. The summed E-state index contributed by atoms with van der Waals surface area (Å²) in [4.78, 5) is 14.3. The van der Waals surface area contributed by atoms with Crippen molar-refractivity contribution in [1.82, 2.24) is 4.90 Å². The normalized spacial score (nSPS) is 17.9. The minimum atomic E-state index is -0.392. The molecule has 0 spiro atoms. The molecule has 0 radical (unpaired) electrons. The van der Waals surface area contributed by atoms with Crippen molar-refractivity contribution < 1.29 is 14.3 Å². The number of ether oxygens (including phenoxy) is 1. The monoisotopic (exact) mass is 315 g/mol. The van der Waals surface area contributed by atoms with Crippen molar-refractivity contribution in [3.05, 3.63) is 39.2 Å². The SMILES string of the molecule is CC(C)(CO)N1COc2ccc3c4c(c(=O)oc3c2C1)CCC4. The predicted octanol–water partition coefficient (Wildman–Crippen LogP) is 2.20. The Kier molecular flexibility index (Phi) is 3.25. The molecule has 0 atom stereocenters. The Morgan fingerprint density at radius 2 is 2.00 bits per heavy atom. The molecule has 2 aliphatic rings. The van der Waals surface area contributed by atoms with E-state index in [9.17, 15) is 9.90 Å². The second-order valence-corrected chi connectivity index (χ2v) is 7.06. The number of hydrogen-bond acceptors (Lipinski definition) is 5. The summed E-state index contributed by atoms with van der Waals surface area (Å²) in [6.45, 7) is 5.00. The summed E-state index contributed by atoms with van der Waals surface area (Å²) in [5.74, 6) is 0.767. The van der Waals surface area contributed by atoms with Crippen LogP contribution in [-0.4, -0.2) is 28.9 Å². The molecule has 2 heterocycles. The Hall–Kier alpha value is -1.85. The Labute approximate surface area is 134 Å². The van der Waals surface area contributed by atoms with Gasteiger partial charge < -0.3 is 14.3 Å². The maximum absolute atomic E-state index is 12.3. The van der Waals surface area contributed by atoms with E-state index in [-0.39, 0.29) is 12.2 Å². The van der Waals surface area contributed by atoms with E-state index in [0.717, 1.165) is 47.1 Å². The van der Waals surface area contributed by atoms with Crippen molar-refractivity contribution >= 4 is 11.0 Å². The number of benzene rings is 1. The van der Waals surface area contributed by atoms with Gasteiger partial charge >= 0.3 is 5.63 Å². The zero-order chi connectivity index (χ0) is 16.2. The summed E-state index contributed by atoms with van der Waals surface area (Å²) in [5.41, 5.74) is 2.92. The van der Waals surface area contributed by atoms with E-state index < -0.39 is 5.54 Å². The molecule has 0 amide bonds. The minimum absolute atomic E-state index is 0.0375. The highest BCUT2D eigenvalue weighted by molar-refractivity contribution is 5.86. The summed E-state index contributed by atoms with van der Waals surface area (Å²) in [6.07, 6.45) is 2.75. The predicted molar refractivity (Wildman–Crippen MR) is 86.7 cm³/mol. The van der Waals surface area contributed by atoms with Gasteiger partial charge in [-0.1, -0.05) is 0 Å². The molecule has 0 saturated carbocycles. The van der Waals surface area contributed by atoms with E-state index in [2.05, 4.69) is 4.90 Å². The largest absolute Gasteiger partial charge is 0.478 e. The van der Waals surface area contributed by atoms with Gasteiger partial charge in [0.1, 0.15) is 18.1 Å². The number of fused-ring (bicyclic) bond motifs is 5. The second kappa shape index (κ2) is 5.08. The maximum atomic E-state index is 12.3. The zero-order valence-corrected chi connectivity index (χ0v) is 13.5. The number of aryl methyl sites for hydroxylation is 1. The molecule has 122 valence electrons. The minimum Gasteiger partial charge on any atom is -0.478 e. The number of rotatable bonds is 2. The molecular weight excluding hydrogens is 294 g/mol. The lowest BCUT2D eigenvalue weighted by molar-refractivity contribution is -0.0165. The summed E-state index contributed by atoms with van der Waals surface area (Å²) >= 11 is 0. The van der Waals surface area contributed by atoms with Crippen LogP contribution in [0, 0.1) is 0 Å². The van der Waals surface area contributed by atoms with Crippen LogP contribution in [0.5, 0.6) is 5.75 Å². The Bertz CT molecular complexity index is 837. The van der Waals surface area contributed by atoms with Gasteiger partial charge in [-0.3, -0.25) is 4.90 Å². The van der Waals surface area contributed by atoms with Crippen molar-refractivity contribution in [2.45, 2.75) is 45.2 Å². The maximum Gasteiger partial charge on any atom is 0.339 e. The zero-order valence-electron chi connectivity index (χ0n) is 13.5. The number of nitrogens with zero attached hydrogens (tertiary/aromatic N) is 1. The highest BCUT2D eigenvalue weighted by Gasteiger charge is 2.32. The molecule has 0 saturated heterocycles. The van der Waals surface area contributed by atoms with E-state index in [0.29, 0.717) is 18.9 Å². The van der Waals surface area contributed by atoms with Crippen LogP contribution >= 0.6 is 0 Å². The summed E-state index contributed by atoms with van der Waals surface area (Å²) in [7, 11) is 0. The van der Waals surface area contributed by atoms with Gasteiger partial charge in [0, 0.05) is 23.0 Å². The van der Waals surface area contributed by atoms with Crippen LogP contribution < -0.4 is 10.4 Å². The lowest BCUT2D eigenvalue weighted by Gasteiger charge is -2.39. The van der Waals surface area contributed by atoms with Crippen LogP contribution in [0.25, 0.3) is 11.0 Å². The summed E-state index contributed by atoms with van der Waals surface area (Å²) in [6, 6.07) is 3.98.